The lowest BCUT2D eigenvalue weighted by molar-refractivity contribution is -0.136. The molecular weight excluding hydrogens is 291 g/mol. The first kappa shape index (κ1) is 16.4. The maximum atomic E-state index is 12.6. The number of aryl methyl sites for hydroxylation is 2. The number of nitrogens with zero attached hydrogens (tertiary/aromatic N) is 2. The monoisotopic (exact) mass is 311 g/mol. The second kappa shape index (κ2) is 6.85. The quantitative estimate of drug-likeness (QED) is 0.852. The van der Waals surface area contributed by atoms with Crippen LogP contribution in [0.1, 0.15) is 37.1 Å². The van der Waals surface area contributed by atoms with Crippen LogP contribution in [-0.2, 0) is 13.5 Å². The maximum Gasteiger partial charge on any atom is 0.389 e. The van der Waals surface area contributed by atoms with Gasteiger partial charge in [-0.1, -0.05) is 37.3 Å². The Morgan fingerprint density at radius 1 is 1.23 bits per heavy atom. The number of rotatable bonds is 6. The van der Waals surface area contributed by atoms with Crippen molar-refractivity contribution in [3.05, 3.63) is 47.8 Å². The minimum Gasteiger partial charge on any atom is -0.375 e. The van der Waals surface area contributed by atoms with Crippen LogP contribution in [0.15, 0.2) is 36.5 Å². The van der Waals surface area contributed by atoms with Crippen molar-refractivity contribution in [1.82, 2.24) is 9.78 Å². The van der Waals surface area contributed by atoms with E-state index in [1.165, 1.54) is 0 Å². The Morgan fingerprint density at radius 2 is 1.91 bits per heavy atom. The third-order valence-electron chi connectivity index (χ3n) is 3.49. The van der Waals surface area contributed by atoms with Gasteiger partial charge in [-0.15, -0.1) is 0 Å². The van der Waals surface area contributed by atoms with Crippen LogP contribution < -0.4 is 5.32 Å². The minimum absolute atomic E-state index is 0.00837. The Bertz CT molecular complexity index is 590. The van der Waals surface area contributed by atoms with Crippen molar-refractivity contribution in [1.29, 1.82) is 0 Å². The smallest absolute Gasteiger partial charge is 0.375 e. The summed E-state index contributed by atoms with van der Waals surface area (Å²) in [4.78, 5) is 0. The highest BCUT2D eigenvalue weighted by Gasteiger charge is 2.29. The summed E-state index contributed by atoms with van der Waals surface area (Å²) >= 11 is 0. The zero-order chi connectivity index (χ0) is 16.2. The van der Waals surface area contributed by atoms with E-state index in [2.05, 4.69) is 10.4 Å². The summed E-state index contributed by atoms with van der Waals surface area (Å²) in [6, 6.07) is 8.82. The SMILES string of the molecule is CCc1nn(C)cc1NC(CCC(F)(F)F)c1ccccc1. The molecule has 1 unspecified atom stereocenters. The molecule has 0 saturated heterocycles. The largest absolute Gasteiger partial charge is 0.389 e. The molecule has 0 fully saturated rings. The van der Waals surface area contributed by atoms with Crippen molar-refractivity contribution in [2.45, 2.75) is 38.4 Å². The molecule has 1 heterocycles. The van der Waals surface area contributed by atoms with Crippen molar-refractivity contribution >= 4 is 5.69 Å². The number of aromatic nitrogens is 2. The lowest BCUT2D eigenvalue weighted by Gasteiger charge is -2.21. The number of nitrogens with one attached hydrogen (secondary N) is 1. The van der Waals surface area contributed by atoms with E-state index >= 15 is 0 Å². The average Bonchev–Trinajstić information content (AvgIpc) is 2.83. The van der Waals surface area contributed by atoms with E-state index in [1.54, 1.807) is 11.7 Å². The fourth-order valence-corrected chi connectivity index (χ4v) is 2.42. The van der Waals surface area contributed by atoms with Crippen molar-refractivity contribution in [3.8, 4) is 0 Å². The molecule has 120 valence electrons. The third-order valence-corrected chi connectivity index (χ3v) is 3.49. The molecule has 1 N–H and O–H groups in total. The van der Waals surface area contributed by atoms with Crippen molar-refractivity contribution in [3.63, 3.8) is 0 Å². The van der Waals surface area contributed by atoms with Gasteiger partial charge in [0.2, 0.25) is 0 Å². The molecule has 3 nitrogen and oxygen atoms in total. The number of benzene rings is 1. The van der Waals surface area contributed by atoms with Gasteiger partial charge in [0.15, 0.2) is 0 Å². The molecule has 6 heteroatoms. The van der Waals surface area contributed by atoms with E-state index in [4.69, 9.17) is 0 Å². The molecule has 0 spiro atoms. The van der Waals surface area contributed by atoms with Gasteiger partial charge in [-0.3, -0.25) is 4.68 Å². The second-order valence-electron chi connectivity index (χ2n) is 5.28. The van der Waals surface area contributed by atoms with Gasteiger partial charge < -0.3 is 5.32 Å². The third kappa shape index (κ3) is 4.51. The number of anilines is 1. The predicted molar refractivity (Wildman–Crippen MR) is 80.7 cm³/mol. The molecule has 1 atom stereocenters. The minimum atomic E-state index is -4.16. The van der Waals surface area contributed by atoms with Gasteiger partial charge >= 0.3 is 6.18 Å². The van der Waals surface area contributed by atoms with Crippen LogP contribution in [0.25, 0.3) is 0 Å². The Hall–Kier alpha value is -1.98. The van der Waals surface area contributed by atoms with Gasteiger partial charge in [-0.05, 0) is 18.4 Å². The van der Waals surface area contributed by atoms with Gasteiger partial charge in [-0.2, -0.15) is 18.3 Å². The molecule has 0 radical (unpaired) electrons. The van der Waals surface area contributed by atoms with Crippen molar-refractivity contribution in [2.75, 3.05) is 5.32 Å². The summed E-state index contributed by atoms with van der Waals surface area (Å²) in [5.41, 5.74) is 2.49. The molecule has 0 saturated carbocycles. The maximum absolute atomic E-state index is 12.6. The first-order valence-corrected chi connectivity index (χ1v) is 7.30. The van der Waals surface area contributed by atoms with Crippen LogP contribution in [0.3, 0.4) is 0 Å². The summed E-state index contributed by atoms with van der Waals surface area (Å²) in [5.74, 6) is 0. The van der Waals surface area contributed by atoms with E-state index in [9.17, 15) is 13.2 Å². The molecule has 0 amide bonds. The van der Waals surface area contributed by atoms with Gasteiger partial charge in [-0.25, -0.2) is 0 Å². The number of alkyl halides is 3. The van der Waals surface area contributed by atoms with E-state index in [0.717, 1.165) is 23.4 Å². The lowest BCUT2D eigenvalue weighted by Crippen LogP contribution is -2.16. The highest BCUT2D eigenvalue weighted by Crippen LogP contribution is 2.30. The fraction of sp³-hybridized carbons (Fsp3) is 0.438. The molecule has 0 aliphatic heterocycles. The molecule has 0 aliphatic carbocycles. The molecule has 2 rings (SSSR count). The van der Waals surface area contributed by atoms with Crippen LogP contribution in [0.5, 0.6) is 0 Å². The van der Waals surface area contributed by atoms with Gasteiger partial charge in [0.25, 0.3) is 0 Å². The summed E-state index contributed by atoms with van der Waals surface area (Å²) in [5, 5.41) is 7.54. The van der Waals surface area contributed by atoms with Crippen LogP contribution in [0.2, 0.25) is 0 Å². The number of hydrogen-bond donors (Lipinski definition) is 1. The summed E-state index contributed by atoms with van der Waals surface area (Å²) < 4.78 is 39.4. The van der Waals surface area contributed by atoms with E-state index in [0.29, 0.717) is 0 Å². The first-order chi connectivity index (χ1) is 10.4. The Morgan fingerprint density at radius 3 is 2.50 bits per heavy atom. The van der Waals surface area contributed by atoms with Crippen LogP contribution in [0, 0.1) is 0 Å². The Balaban J connectivity index is 2.20. The zero-order valence-electron chi connectivity index (χ0n) is 12.7. The van der Waals surface area contributed by atoms with Crippen molar-refractivity contribution < 1.29 is 13.2 Å². The lowest BCUT2D eigenvalue weighted by atomic mass is 10.0. The van der Waals surface area contributed by atoms with Gasteiger partial charge in [0.05, 0.1) is 17.4 Å². The highest BCUT2D eigenvalue weighted by atomic mass is 19.4. The zero-order valence-corrected chi connectivity index (χ0v) is 12.7. The molecule has 22 heavy (non-hydrogen) atoms. The van der Waals surface area contributed by atoms with Crippen molar-refractivity contribution in [2.24, 2.45) is 7.05 Å². The standard InChI is InChI=1S/C16H20F3N3/c1-3-13-15(11-22(2)21-13)20-14(9-10-16(17,18)19)12-7-5-4-6-8-12/h4-8,11,14,20H,3,9-10H2,1-2H3. The molecule has 0 aliphatic rings. The number of halogens is 3. The highest BCUT2D eigenvalue weighted by molar-refractivity contribution is 5.48. The molecule has 1 aromatic heterocycles. The summed E-state index contributed by atoms with van der Waals surface area (Å²) in [6.45, 7) is 1.97. The number of hydrogen-bond acceptors (Lipinski definition) is 2. The molecule has 0 bridgehead atoms. The topological polar surface area (TPSA) is 29.9 Å². The summed E-state index contributed by atoms with van der Waals surface area (Å²) in [7, 11) is 1.80. The van der Waals surface area contributed by atoms with Crippen LogP contribution in [0.4, 0.5) is 18.9 Å². The van der Waals surface area contributed by atoms with E-state index in [1.807, 2.05) is 43.5 Å². The Labute approximate surface area is 128 Å². The molecule has 1 aromatic carbocycles. The first-order valence-electron chi connectivity index (χ1n) is 7.30. The average molecular weight is 311 g/mol. The van der Waals surface area contributed by atoms with Crippen LogP contribution in [-0.4, -0.2) is 16.0 Å². The molecule has 2 aromatic rings. The second-order valence-corrected chi connectivity index (χ2v) is 5.28. The van der Waals surface area contributed by atoms with E-state index in [-0.39, 0.29) is 6.42 Å². The Kier molecular flexibility index (Phi) is 5.11. The summed E-state index contributed by atoms with van der Waals surface area (Å²) in [6.07, 6.45) is -2.45. The van der Waals surface area contributed by atoms with Crippen LogP contribution >= 0.6 is 0 Å². The fourth-order valence-electron chi connectivity index (χ4n) is 2.42. The van der Waals surface area contributed by atoms with E-state index < -0.39 is 18.6 Å². The van der Waals surface area contributed by atoms with Gasteiger partial charge in [0, 0.05) is 19.7 Å². The normalized spacial score (nSPS) is 13.1. The molecular formula is C16H20F3N3. The van der Waals surface area contributed by atoms with Gasteiger partial charge in [0.1, 0.15) is 0 Å². The predicted octanol–water partition coefficient (Wildman–Crippen LogP) is 4.48.